The molecule has 3 rings (SSSR count). The Labute approximate surface area is 150 Å². The summed E-state index contributed by atoms with van der Waals surface area (Å²) in [5.74, 6) is 0.939. The molecule has 6 heteroatoms. The van der Waals surface area contributed by atoms with Crippen molar-refractivity contribution in [3.05, 3.63) is 65.0 Å². The Kier molecular flexibility index (Phi) is 5.64. The molecule has 0 saturated carbocycles. The number of ether oxygens (including phenoxy) is 2. The first-order valence-electron chi connectivity index (χ1n) is 7.77. The van der Waals surface area contributed by atoms with Crippen molar-refractivity contribution in [1.82, 2.24) is 10.3 Å². The predicted molar refractivity (Wildman–Crippen MR) is 97.9 cm³/mol. The Hall–Kier alpha value is -2.86. The number of nitrogens with zero attached hydrogens (tertiary/aromatic N) is 1. The van der Waals surface area contributed by atoms with E-state index in [4.69, 9.17) is 9.47 Å². The fourth-order valence-corrected chi connectivity index (χ4v) is 3.01. The van der Waals surface area contributed by atoms with Crippen molar-refractivity contribution in [3.8, 4) is 22.8 Å². The molecule has 0 saturated heterocycles. The van der Waals surface area contributed by atoms with Gasteiger partial charge in [0.1, 0.15) is 0 Å². The van der Waals surface area contributed by atoms with Gasteiger partial charge >= 0.3 is 0 Å². The second kappa shape index (κ2) is 8.30. The van der Waals surface area contributed by atoms with E-state index >= 15 is 0 Å². The van der Waals surface area contributed by atoms with Gasteiger partial charge in [-0.2, -0.15) is 11.3 Å². The molecule has 1 amide bonds. The summed E-state index contributed by atoms with van der Waals surface area (Å²) in [6.45, 7) is 0.321. The van der Waals surface area contributed by atoms with Crippen LogP contribution in [0.15, 0.2) is 59.4 Å². The van der Waals surface area contributed by atoms with Crippen LogP contribution < -0.4 is 14.8 Å². The van der Waals surface area contributed by atoms with Crippen LogP contribution in [0.25, 0.3) is 11.3 Å². The third-order valence-electron chi connectivity index (χ3n) is 3.59. The minimum atomic E-state index is -0.203. The molecule has 0 fully saturated rings. The second-order valence-electron chi connectivity index (χ2n) is 5.24. The maximum absolute atomic E-state index is 12.1. The third-order valence-corrected chi connectivity index (χ3v) is 4.27. The Bertz CT molecular complexity index is 834. The van der Waals surface area contributed by atoms with Gasteiger partial charge < -0.3 is 14.8 Å². The maximum Gasteiger partial charge on any atom is 0.258 e. The van der Waals surface area contributed by atoms with Crippen LogP contribution in [0.2, 0.25) is 0 Å². The van der Waals surface area contributed by atoms with Crippen molar-refractivity contribution in [2.24, 2.45) is 0 Å². The zero-order chi connectivity index (χ0) is 17.5. The van der Waals surface area contributed by atoms with Gasteiger partial charge in [0, 0.05) is 23.7 Å². The van der Waals surface area contributed by atoms with Gasteiger partial charge in [-0.05, 0) is 35.2 Å². The zero-order valence-electron chi connectivity index (χ0n) is 13.8. The summed E-state index contributed by atoms with van der Waals surface area (Å²) in [5.41, 5.74) is 2.90. The SMILES string of the molecule is COc1ccccc1OCC(=O)NCc1cccnc1-c1ccsc1. The Morgan fingerprint density at radius 3 is 2.76 bits per heavy atom. The molecule has 0 aliphatic rings. The molecule has 0 aliphatic carbocycles. The van der Waals surface area contributed by atoms with E-state index in [1.165, 1.54) is 0 Å². The number of hydrogen-bond donors (Lipinski definition) is 1. The lowest BCUT2D eigenvalue weighted by Crippen LogP contribution is -2.28. The average molecular weight is 354 g/mol. The van der Waals surface area contributed by atoms with Crippen LogP contribution in [0.4, 0.5) is 0 Å². The molecule has 0 spiro atoms. The quantitative estimate of drug-likeness (QED) is 0.705. The van der Waals surface area contributed by atoms with Crippen LogP contribution in [0.1, 0.15) is 5.56 Å². The predicted octanol–water partition coefficient (Wildman–Crippen LogP) is 3.51. The lowest BCUT2D eigenvalue weighted by Gasteiger charge is -2.11. The molecular weight excluding hydrogens is 336 g/mol. The standard InChI is InChI=1S/C19H18N2O3S/c1-23-16-6-2-3-7-17(16)24-12-18(22)21-11-14-5-4-9-20-19(14)15-8-10-25-13-15/h2-10,13H,11-12H2,1H3,(H,21,22). The highest BCUT2D eigenvalue weighted by atomic mass is 32.1. The van der Waals surface area contributed by atoms with Crippen LogP contribution in [-0.2, 0) is 11.3 Å². The van der Waals surface area contributed by atoms with Crippen molar-refractivity contribution >= 4 is 17.2 Å². The number of para-hydroxylation sites is 2. The van der Waals surface area contributed by atoms with Gasteiger partial charge in [0.05, 0.1) is 12.8 Å². The van der Waals surface area contributed by atoms with Gasteiger partial charge in [-0.3, -0.25) is 9.78 Å². The van der Waals surface area contributed by atoms with Gasteiger partial charge in [-0.25, -0.2) is 0 Å². The van der Waals surface area contributed by atoms with E-state index in [-0.39, 0.29) is 12.5 Å². The highest BCUT2D eigenvalue weighted by Crippen LogP contribution is 2.26. The molecule has 0 aliphatic heterocycles. The minimum Gasteiger partial charge on any atom is -0.493 e. The fourth-order valence-electron chi connectivity index (χ4n) is 2.37. The zero-order valence-corrected chi connectivity index (χ0v) is 14.6. The first kappa shape index (κ1) is 17.0. The monoisotopic (exact) mass is 354 g/mol. The molecule has 0 atom stereocenters. The van der Waals surface area contributed by atoms with Gasteiger partial charge in [0.15, 0.2) is 18.1 Å². The first-order chi connectivity index (χ1) is 12.3. The number of nitrogens with one attached hydrogen (secondary N) is 1. The number of carbonyl (C=O) groups excluding carboxylic acids is 1. The first-order valence-corrected chi connectivity index (χ1v) is 8.71. The topological polar surface area (TPSA) is 60.5 Å². The number of pyridine rings is 1. The number of amides is 1. The van der Waals surface area contributed by atoms with Gasteiger partial charge in [-0.1, -0.05) is 18.2 Å². The van der Waals surface area contributed by atoms with Crippen LogP contribution in [-0.4, -0.2) is 24.6 Å². The number of rotatable bonds is 7. The lowest BCUT2D eigenvalue weighted by molar-refractivity contribution is -0.123. The number of aromatic nitrogens is 1. The highest BCUT2D eigenvalue weighted by Gasteiger charge is 2.10. The average Bonchev–Trinajstić information content (AvgIpc) is 3.19. The van der Waals surface area contributed by atoms with E-state index in [1.807, 2.05) is 41.1 Å². The summed E-state index contributed by atoms with van der Waals surface area (Å²) in [7, 11) is 1.57. The number of benzene rings is 1. The van der Waals surface area contributed by atoms with Crippen molar-refractivity contribution in [2.45, 2.75) is 6.54 Å². The van der Waals surface area contributed by atoms with Crippen molar-refractivity contribution < 1.29 is 14.3 Å². The maximum atomic E-state index is 12.1. The van der Waals surface area contributed by atoms with Crippen LogP contribution in [0, 0.1) is 0 Å². The Morgan fingerprint density at radius 1 is 1.16 bits per heavy atom. The minimum absolute atomic E-state index is 0.0750. The van der Waals surface area contributed by atoms with E-state index in [0.717, 1.165) is 16.8 Å². The van der Waals surface area contributed by atoms with E-state index in [2.05, 4.69) is 10.3 Å². The molecule has 0 unspecified atom stereocenters. The number of thiophene rings is 1. The summed E-state index contributed by atoms with van der Waals surface area (Å²) >= 11 is 1.62. The molecule has 128 valence electrons. The normalized spacial score (nSPS) is 10.3. The molecule has 2 aromatic heterocycles. The van der Waals surface area contributed by atoms with Crippen LogP contribution in [0.3, 0.4) is 0 Å². The molecular formula is C19H18N2O3S. The van der Waals surface area contributed by atoms with Gasteiger partial charge in [-0.15, -0.1) is 0 Å². The summed E-state index contributed by atoms with van der Waals surface area (Å²) in [6.07, 6.45) is 1.75. The molecule has 0 bridgehead atoms. The Balaban J connectivity index is 1.58. The van der Waals surface area contributed by atoms with Gasteiger partial charge in [0.25, 0.3) is 5.91 Å². The summed E-state index contributed by atoms with van der Waals surface area (Å²) in [5, 5.41) is 6.92. The molecule has 1 N–H and O–H groups in total. The fraction of sp³-hybridized carbons (Fsp3) is 0.158. The van der Waals surface area contributed by atoms with E-state index in [1.54, 1.807) is 36.8 Å². The highest BCUT2D eigenvalue weighted by molar-refractivity contribution is 7.08. The summed E-state index contributed by atoms with van der Waals surface area (Å²) in [6, 6.07) is 13.1. The van der Waals surface area contributed by atoms with Crippen LogP contribution >= 0.6 is 11.3 Å². The van der Waals surface area contributed by atoms with Crippen molar-refractivity contribution in [2.75, 3.05) is 13.7 Å². The molecule has 1 aromatic carbocycles. The lowest BCUT2D eigenvalue weighted by atomic mass is 10.1. The van der Waals surface area contributed by atoms with E-state index < -0.39 is 0 Å². The third kappa shape index (κ3) is 4.36. The van der Waals surface area contributed by atoms with Crippen molar-refractivity contribution in [3.63, 3.8) is 0 Å². The smallest absolute Gasteiger partial charge is 0.258 e. The molecule has 0 radical (unpaired) electrons. The number of hydrogen-bond acceptors (Lipinski definition) is 5. The second-order valence-corrected chi connectivity index (χ2v) is 6.02. The largest absolute Gasteiger partial charge is 0.493 e. The van der Waals surface area contributed by atoms with Crippen LogP contribution in [0.5, 0.6) is 11.5 Å². The number of methoxy groups -OCH3 is 1. The number of carbonyl (C=O) groups is 1. The molecule has 5 nitrogen and oxygen atoms in total. The summed E-state index contributed by atoms with van der Waals surface area (Å²) in [4.78, 5) is 16.5. The summed E-state index contributed by atoms with van der Waals surface area (Å²) < 4.78 is 10.7. The molecule has 2 heterocycles. The molecule has 25 heavy (non-hydrogen) atoms. The Morgan fingerprint density at radius 2 is 2.00 bits per heavy atom. The van der Waals surface area contributed by atoms with Crippen molar-refractivity contribution in [1.29, 1.82) is 0 Å². The molecule has 3 aromatic rings. The van der Waals surface area contributed by atoms with E-state index in [9.17, 15) is 4.79 Å². The van der Waals surface area contributed by atoms with Gasteiger partial charge in [0.2, 0.25) is 0 Å². The van der Waals surface area contributed by atoms with E-state index in [0.29, 0.717) is 18.0 Å².